The summed E-state index contributed by atoms with van der Waals surface area (Å²) in [6.45, 7) is 6.68. The zero-order valence-corrected chi connectivity index (χ0v) is 13.6. The van der Waals surface area contributed by atoms with Gasteiger partial charge in [-0.25, -0.2) is 0 Å². The van der Waals surface area contributed by atoms with Crippen LogP contribution in [0.3, 0.4) is 0 Å². The summed E-state index contributed by atoms with van der Waals surface area (Å²) in [5.41, 5.74) is 7.78. The number of ether oxygens (including phenoxy) is 1. The molecule has 1 aromatic heterocycles. The summed E-state index contributed by atoms with van der Waals surface area (Å²) in [5.74, 6) is 1.43. The van der Waals surface area contributed by atoms with E-state index in [0.717, 1.165) is 5.56 Å². The van der Waals surface area contributed by atoms with Crippen molar-refractivity contribution < 1.29 is 14.1 Å². The molecule has 0 radical (unpaired) electrons. The number of amides is 1. The number of aryl methyl sites for hydroxylation is 1. The van der Waals surface area contributed by atoms with Crippen molar-refractivity contribution in [3.05, 3.63) is 35.2 Å². The maximum Gasteiger partial charge on any atom is 0.260 e. The summed E-state index contributed by atoms with van der Waals surface area (Å²) in [4.78, 5) is 15.6. The van der Waals surface area contributed by atoms with E-state index in [1.54, 1.807) is 0 Å². The number of anilines is 1. The van der Waals surface area contributed by atoms with Crippen molar-refractivity contribution in [2.45, 2.75) is 33.1 Å². The number of aromatic nitrogens is 2. The molecule has 1 amide bonds. The van der Waals surface area contributed by atoms with Crippen molar-refractivity contribution in [3.8, 4) is 5.75 Å². The minimum absolute atomic E-state index is 0.0353. The molecule has 7 heteroatoms. The van der Waals surface area contributed by atoms with Gasteiger partial charge in [0, 0.05) is 13.0 Å². The predicted octanol–water partition coefficient (Wildman–Crippen LogP) is 1.82. The summed E-state index contributed by atoms with van der Waals surface area (Å²) in [6.07, 6.45) is 0.429. The van der Waals surface area contributed by atoms with Gasteiger partial charge in [0.25, 0.3) is 11.9 Å². The normalized spacial score (nSPS) is 10.8. The third kappa shape index (κ3) is 4.98. The Balaban J connectivity index is 1.74. The Morgan fingerprint density at radius 3 is 2.83 bits per heavy atom. The van der Waals surface area contributed by atoms with Gasteiger partial charge >= 0.3 is 0 Å². The van der Waals surface area contributed by atoms with Crippen molar-refractivity contribution in [1.29, 1.82) is 0 Å². The van der Waals surface area contributed by atoms with Crippen LogP contribution < -0.4 is 15.8 Å². The van der Waals surface area contributed by atoms with Gasteiger partial charge in [0.05, 0.1) is 0 Å². The van der Waals surface area contributed by atoms with Gasteiger partial charge < -0.3 is 20.3 Å². The van der Waals surface area contributed by atoms with Crippen LogP contribution >= 0.6 is 0 Å². The molecule has 0 aliphatic rings. The van der Waals surface area contributed by atoms with E-state index in [1.807, 2.05) is 25.1 Å². The Morgan fingerprint density at radius 1 is 1.43 bits per heavy atom. The second-order valence-corrected chi connectivity index (χ2v) is 5.61. The summed E-state index contributed by atoms with van der Waals surface area (Å²) in [6, 6.07) is 5.87. The van der Waals surface area contributed by atoms with Gasteiger partial charge in [-0.15, -0.1) is 0 Å². The molecule has 0 bridgehead atoms. The summed E-state index contributed by atoms with van der Waals surface area (Å²) in [5, 5.41) is 6.19. The van der Waals surface area contributed by atoms with Crippen LogP contribution in [0.4, 0.5) is 5.95 Å². The number of rotatable bonds is 7. The van der Waals surface area contributed by atoms with E-state index in [4.69, 9.17) is 15.0 Å². The second kappa shape index (κ2) is 7.62. The molecular formula is C16H22N4O3. The zero-order chi connectivity index (χ0) is 16.8. The maximum absolute atomic E-state index is 11.7. The number of nitrogens with two attached hydrogens (primary N) is 1. The molecule has 3 N–H and O–H groups in total. The second-order valence-electron chi connectivity index (χ2n) is 5.61. The standard InChI is InChI=1S/C16H22N4O3/c1-10(2)13-5-4-12(8-11(13)3)22-9-14(21)18-7-6-15-19-16(17)20-23-15/h4-5,8,10H,6-7,9H2,1-3H3,(H2,17,20)(H,18,21). The van der Waals surface area contributed by atoms with Crippen LogP contribution in [0.25, 0.3) is 0 Å². The van der Waals surface area contributed by atoms with Gasteiger partial charge in [0.1, 0.15) is 5.75 Å². The van der Waals surface area contributed by atoms with Crippen LogP contribution in [-0.4, -0.2) is 29.2 Å². The first-order chi connectivity index (χ1) is 11.0. The lowest BCUT2D eigenvalue weighted by atomic mass is 9.98. The van der Waals surface area contributed by atoms with Crippen LogP contribution in [0.2, 0.25) is 0 Å². The molecule has 2 rings (SSSR count). The molecule has 0 saturated carbocycles. The number of hydrogen-bond acceptors (Lipinski definition) is 6. The van der Waals surface area contributed by atoms with Crippen LogP contribution in [-0.2, 0) is 11.2 Å². The van der Waals surface area contributed by atoms with Gasteiger partial charge in [0.2, 0.25) is 5.89 Å². The van der Waals surface area contributed by atoms with Gasteiger partial charge in [0.15, 0.2) is 6.61 Å². The molecule has 23 heavy (non-hydrogen) atoms. The van der Waals surface area contributed by atoms with Crippen LogP contribution in [0.15, 0.2) is 22.7 Å². The van der Waals surface area contributed by atoms with E-state index in [9.17, 15) is 4.79 Å². The molecule has 0 saturated heterocycles. The van der Waals surface area contributed by atoms with Crippen LogP contribution in [0.5, 0.6) is 5.75 Å². The monoisotopic (exact) mass is 318 g/mol. The average molecular weight is 318 g/mol. The highest BCUT2D eigenvalue weighted by molar-refractivity contribution is 5.77. The fourth-order valence-electron chi connectivity index (χ4n) is 2.26. The highest BCUT2D eigenvalue weighted by Gasteiger charge is 2.08. The van der Waals surface area contributed by atoms with E-state index in [2.05, 4.69) is 29.3 Å². The van der Waals surface area contributed by atoms with Crippen molar-refractivity contribution in [2.75, 3.05) is 18.9 Å². The van der Waals surface area contributed by atoms with Gasteiger partial charge in [-0.05, 0) is 41.3 Å². The SMILES string of the molecule is Cc1cc(OCC(=O)NCCc2nc(N)no2)ccc1C(C)C. The quantitative estimate of drug-likeness (QED) is 0.807. The Labute approximate surface area is 135 Å². The number of nitrogens with zero attached hydrogens (tertiary/aromatic N) is 2. The first-order valence-electron chi connectivity index (χ1n) is 7.54. The Bertz CT molecular complexity index is 667. The molecule has 0 spiro atoms. The molecule has 0 aliphatic heterocycles. The number of hydrogen-bond donors (Lipinski definition) is 2. The lowest BCUT2D eigenvalue weighted by Crippen LogP contribution is -2.30. The topological polar surface area (TPSA) is 103 Å². The molecule has 1 heterocycles. The van der Waals surface area contributed by atoms with Crippen LogP contribution in [0, 0.1) is 6.92 Å². The first-order valence-corrected chi connectivity index (χ1v) is 7.54. The minimum atomic E-state index is -0.205. The molecule has 0 aliphatic carbocycles. The van der Waals surface area contributed by atoms with E-state index in [-0.39, 0.29) is 18.5 Å². The maximum atomic E-state index is 11.7. The van der Waals surface area contributed by atoms with Crippen molar-refractivity contribution in [3.63, 3.8) is 0 Å². The molecule has 2 aromatic rings. The van der Waals surface area contributed by atoms with Crippen molar-refractivity contribution >= 4 is 11.9 Å². The third-order valence-corrected chi connectivity index (χ3v) is 3.38. The lowest BCUT2D eigenvalue weighted by Gasteiger charge is -2.12. The van der Waals surface area contributed by atoms with E-state index in [1.165, 1.54) is 5.56 Å². The van der Waals surface area contributed by atoms with E-state index in [0.29, 0.717) is 30.5 Å². The lowest BCUT2D eigenvalue weighted by molar-refractivity contribution is -0.123. The van der Waals surface area contributed by atoms with Gasteiger partial charge in [-0.1, -0.05) is 19.9 Å². The molecule has 0 unspecified atom stereocenters. The smallest absolute Gasteiger partial charge is 0.260 e. The van der Waals surface area contributed by atoms with E-state index >= 15 is 0 Å². The predicted molar refractivity (Wildman–Crippen MR) is 86.2 cm³/mol. The van der Waals surface area contributed by atoms with E-state index < -0.39 is 0 Å². The minimum Gasteiger partial charge on any atom is -0.484 e. The van der Waals surface area contributed by atoms with Crippen molar-refractivity contribution in [2.24, 2.45) is 0 Å². The average Bonchev–Trinajstić information content (AvgIpc) is 2.90. The Morgan fingerprint density at radius 2 is 2.22 bits per heavy atom. The number of nitrogens with one attached hydrogen (secondary N) is 1. The Kier molecular flexibility index (Phi) is 5.56. The first kappa shape index (κ1) is 16.8. The zero-order valence-electron chi connectivity index (χ0n) is 13.6. The number of carbonyl (C=O) groups excluding carboxylic acids is 1. The summed E-state index contributed by atoms with van der Waals surface area (Å²) < 4.78 is 10.4. The summed E-state index contributed by atoms with van der Waals surface area (Å²) >= 11 is 0. The Hall–Kier alpha value is -2.57. The number of nitrogen functional groups attached to an aromatic ring is 1. The van der Waals surface area contributed by atoms with Gasteiger partial charge in [-0.2, -0.15) is 4.98 Å². The molecule has 0 fully saturated rings. The third-order valence-electron chi connectivity index (χ3n) is 3.38. The molecule has 7 nitrogen and oxygen atoms in total. The van der Waals surface area contributed by atoms with Crippen LogP contribution in [0.1, 0.15) is 36.8 Å². The molecule has 124 valence electrons. The number of benzene rings is 1. The summed E-state index contributed by atoms with van der Waals surface area (Å²) in [7, 11) is 0. The molecular weight excluding hydrogens is 296 g/mol. The fourth-order valence-corrected chi connectivity index (χ4v) is 2.26. The molecule has 1 aromatic carbocycles. The number of carbonyl (C=O) groups is 1. The van der Waals surface area contributed by atoms with Crippen molar-refractivity contribution in [1.82, 2.24) is 15.5 Å². The molecule has 0 atom stereocenters. The highest BCUT2D eigenvalue weighted by Crippen LogP contribution is 2.23. The largest absolute Gasteiger partial charge is 0.484 e. The van der Waals surface area contributed by atoms with Gasteiger partial charge in [-0.3, -0.25) is 4.79 Å². The highest BCUT2D eigenvalue weighted by atomic mass is 16.5. The fraction of sp³-hybridized carbons (Fsp3) is 0.438.